The summed E-state index contributed by atoms with van der Waals surface area (Å²) in [6.45, 7) is 0. The van der Waals surface area contributed by atoms with Gasteiger partial charge in [0.2, 0.25) is 5.13 Å². The van der Waals surface area contributed by atoms with Crippen molar-refractivity contribution in [2.24, 2.45) is 10.9 Å². The smallest absolute Gasteiger partial charge is 0.209 e. The van der Waals surface area contributed by atoms with Gasteiger partial charge in [0.05, 0.1) is 29.5 Å². The van der Waals surface area contributed by atoms with Gasteiger partial charge in [0.1, 0.15) is 5.75 Å². The highest BCUT2D eigenvalue weighted by Gasteiger charge is 2.05. The fourth-order valence-electron chi connectivity index (χ4n) is 1.31. The van der Waals surface area contributed by atoms with Gasteiger partial charge >= 0.3 is 0 Å². The molecule has 0 spiro atoms. The number of methoxy groups -OCH3 is 1. The second-order valence-corrected chi connectivity index (χ2v) is 4.35. The number of nitriles is 2. The first-order valence-corrected chi connectivity index (χ1v) is 5.86. The molecule has 2 aromatic rings. The van der Waals surface area contributed by atoms with Crippen molar-refractivity contribution in [1.29, 1.82) is 10.5 Å². The highest BCUT2D eigenvalue weighted by Crippen LogP contribution is 2.30. The van der Waals surface area contributed by atoms with Crippen LogP contribution in [0.4, 0.5) is 5.13 Å². The lowest BCUT2D eigenvalue weighted by Gasteiger charge is -1.96. The summed E-state index contributed by atoms with van der Waals surface area (Å²) in [5.74, 6) is -0.0832. The standard InChI is InChI=1S/C12H8N4OS/c1-17-9-2-3-10-11(4-9)18-12(16-10)15-7-8(5-13)6-14/h2-4,7-8H,1H3. The van der Waals surface area contributed by atoms with Crippen molar-refractivity contribution in [2.45, 2.75) is 0 Å². The molecule has 5 nitrogen and oxygen atoms in total. The van der Waals surface area contributed by atoms with E-state index in [9.17, 15) is 0 Å². The monoisotopic (exact) mass is 256 g/mol. The molecule has 0 atom stereocenters. The van der Waals surface area contributed by atoms with Crippen LogP contribution in [0.15, 0.2) is 23.2 Å². The van der Waals surface area contributed by atoms with E-state index in [1.54, 1.807) is 7.11 Å². The largest absolute Gasteiger partial charge is 0.497 e. The zero-order chi connectivity index (χ0) is 13.0. The third kappa shape index (κ3) is 2.45. The molecule has 0 N–H and O–H groups in total. The number of hydrogen-bond acceptors (Lipinski definition) is 6. The van der Waals surface area contributed by atoms with Gasteiger partial charge < -0.3 is 4.74 Å². The predicted molar refractivity (Wildman–Crippen MR) is 69.0 cm³/mol. The minimum Gasteiger partial charge on any atom is -0.497 e. The zero-order valence-electron chi connectivity index (χ0n) is 9.49. The van der Waals surface area contributed by atoms with Crippen LogP contribution in [0.2, 0.25) is 0 Å². The van der Waals surface area contributed by atoms with E-state index in [0.717, 1.165) is 16.0 Å². The van der Waals surface area contributed by atoms with Crippen LogP contribution in [0, 0.1) is 28.6 Å². The molecule has 0 saturated heterocycles. The van der Waals surface area contributed by atoms with Crippen LogP contribution in [0.1, 0.15) is 0 Å². The first-order valence-electron chi connectivity index (χ1n) is 5.05. The number of benzene rings is 1. The number of aliphatic imine (C=N–C) groups is 1. The van der Waals surface area contributed by atoms with Crippen LogP contribution in [0.5, 0.6) is 5.75 Å². The normalized spacial score (nSPS) is 10.7. The van der Waals surface area contributed by atoms with Crippen molar-refractivity contribution < 1.29 is 4.74 Å². The summed E-state index contributed by atoms with van der Waals surface area (Å²) < 4.78 is 6.07. The molecule has 1 heterocycles. The summed E-state index contributed by atoms with van der Waals surface area (Å²) in [6.07, 6.45) is 1.30. The molecule has 18 heavy (non-hydrogen) atoms. The molecule has 2 rings (SSSR count). The average molecular weight is 256 g/mol. The van der Waals surface area contributed by atoms with Crippen molar-refractivity contribution in [1.82, 2.24) is 4.98 Å². The second-order valence-electron chi connectivity index (χ2n) is 3.34. The number of thiazole rings is 1. The second kappa shape index (κ2) is 5.26. The minimum absolute atomic E-state index is 0.522. The summed E-state index contributed by atoms with van der Waals surface area (Å²) in [6, 6.07) is 9.18. The molecular weight excluding hydrogens is 248 g/mol. The minimum atomic E-state index is -0.841. The lowest BCUT2D eigenvalue weighted by molar-refractivity contribution is 0.415. The summed E-state index contributed by atoms with van der Waals surface area (Å²) in [4.78, 5) is 8.31. The van der Waals surface area contributed by atoms with Crippen LogP contribution in [-0.2, 0) is 0 Å². The van der Waals surface area contributed by atoms with Gasteiger partial charge in [0.15, 0.2) is 5.92 Å². The average Bonchev–Trinajstić information content (AvgIpc) is 2.81. The van der Waals surface area contributed by atoms with Gasteiger partial charge in [-0.25, -0.2) is 9.98 Å². The Labute approximate surface area is 108 Å². The molecule has 88 valence electrons. The maximum absolute atomic E-state index is 8.61. The molecule has 0 bridgehead atoms. The molecule has 0 aliphatic rings. The van der Waals surface area contributed by atoms with Gasteiger partial charge in [-0.3, -0.25) is 0 Å². The molecule has 0 radical (unpaired) electrons. The highest BCUT2D eigenvalue weighted by atomic mass is 32.1. The van der Waals surface area contributed by atoms with E-state index < -0.39 is 5.92 Å². The lowest BCUT2D eigenvalue weighted by Crippen LogP contribution is -1.92. The van der Waals surface area contributed by atoms with Gasteiger partial charge in [-0.05, 0) is 18.2 Å². The van der Waals surface area contributed by atoms with Crippen LogP contribution in [0.25, 0.3) is 10.2 Å². The molecule has 0 saturated carbocycles. The van der Waals surface area contributed by atoms with Gasteiger partial charge in [0, 0.05) is 6.21 Å². The third-order valence-corrected chi connectivity index (χ3v) is 3.12. The number of nitrogens with zero attached hydrogens (tertiary/aromatic N) is 4. The van der Waals surface area contributed by atoms with Gasteiger partial charge in [-0.1, -0.05) is 11.3 Å². The van der Waals surface area contributed by atoms with E-state index >= 15 is 0 Å². The molecule has 1 aromatic carbocycles. The van der Waals surface area contributed by atoms with Crippen molar-refractivity contribution in [3.05, 3.63) is 18.2 Å². The predicted octanol–water partition coefficient (Wildman–Crippen LogP) is 2.67. The van der Waals surface area contributed by atoms with Crippen LogP contribution >= 0.6 is 11.3 Å². The van der Waals surface area contributed by atoms with Crippen molar-refractivity contribution in [2.75, 3.05) is 7.11 Å². The summed E-state index contributed by atoms with van der Waals surface area (Å²) in [5, 5.41) is 17.8. The molecule has 0 aliphatic heterocycles. The van der Waals surface area contributed by atoms with Crippen molar-refractivity contribution in [3.8, 4) is 17.9 Å². The first kappa shape index (κ1) is 12.0. The summed E-state index contributed by atoms with van der Waals surface area (Å²) >= 11 is 1.38. The van der Waals surface area contributed by atoms with Gasteiger partial charge in [-0.15, -0.1) is 0 Å². The quantitative estimate of drug-likeness (QED) is 0.790. The Morgan fingerprint density at radius 2 is 2.22 bits per heavy atom. The van der Waals surface area contributed by atoms with E-state index in [2.05, 4.69) is 9.98 Å². The Morgan fingerprint density at radius 3 is 2.89 bits per heavy atom. The Kier molecular flexibility index (Phi) is 3.52. The fourth-order valence-corrected chi connectivity index (χ4v) is 2.16. The van der Waals surface area contributed by atoms with E-state index in [-0.39, 0.29) is 0 Å². The highest BCUT2D eigenvalue weighted by molar-refractivity contribution is 7.22. The van der Waals surface area contributed by atoms with E-state index in [0.29, 0.717) is 5.13 Å². The number of fused-ring (bicyclic) bond motifs is 1. The van der Waals surface area contributed by atoms with E-state index in [4.69, 9.17) is 15.3 Å². The molecule has 0 fully saturated rings. The van der Waals surface area contributed by atoms with Crippen LogP contribution < -0.4 is 4.74 Å². The van der Waals surface area contributed by atoms with Crippen LogP contribution in [-0.4, -0.2) is 18.3 Å². The Hall–Kier alpha value is -2.44. The van der Waals surface area contributed by atoms with Crippen molar-refractivity contribution in [3.63, 3.8) is 0 Å². The van der Waals surface area contributed by atoms with E-state index in [1.165, 1.54) is 17.6 Å². The maximum Gasteiger partial charge on any atom is 0.209 e. The Bertz CT molecular complexity index is 663. The maximum atomic E-state index is 8.61. The van der Waals surface area contributed by atoms with Gasteiger partial charge in [0.25, 0.3) is 0 Å². The summed E-state index contributed by atoms with van der Waals surface area (Å²) in [7, 11) is 1.60. The number of ether oxygens (including phenoxy) is 1. The molecule has 0 amide bonds. The molecule has 0 unspecified atom stereocenters. The number of rotatable bonds is 3. The zero-order valence-corrected chi connectivity index (χ0v) is 10.3. The van der Waals surface area contributed by atoms with Crippen LogP contribution in [0.3, 0.4) is 0 Å². The van der Waals surface area contributed by atoms with Crippen molar-refractivity contribution >= 4 is 32.9 Å². The van der Waals surface area contributed by atoms with E-state index in [1.807, 2.05) is 30.3 Å². The third-order valence-electron chi connectivity index (χ3n) is 2.20. The molecule has 6 heteroatoms. The van der Waals surface area contributed by atoms with Gasteiger partial charge in [-0.2, -0.15) is 10.5 Å². The fraction of sp³-hybridized carbons (Fsp3) is 0.167. The topological polar surface area (TPSA) is 82.1 Å². The lowest BCUT2D eigenvalue weighted by atomic mass is 10.2. The number of aromatic nitrogens is 1. The SMILES string of the molecule is COc1ccc2nc(N=CC(C#N)C#N)sc2c1. The Balaban J connectivity index is 2.31. The Morgan fingerprint density at radius 1 is 1.44 bits per heavy atom. The molecule has 0 aliphatic carbocycles. The number of hydrogen-bond donors (Lipinski definition) is 0. The molecule has 1 aromatic heterocycles. The molecular formula is C12H8N4OS. The summed E-state index contributed by atoms with van der Waals surface area (Å²) in [5.41, 5.74) is 0.818. The first-order chi connectivity index (χ1) is 8.76.